The van der Waals surface area contributed by atoms with Gasteiger partial charge < -0.3 is 10.4 Å². The molecule has 0 aromatic heterocycles. The van der Waals surface area contributed by atoms with Gasteiger partial charge in [-0.2, -0.15) is 0 Å². The Labute approximate surface area is 82.5 Å². The van der Waals surface area contributed by atoms with Crippen LogP contribution in [0.4, 0.5) is 5.69 Å². The van der Waals surface area contributed by atoms with Gasteiger partial charge in [0.2, 0.25) is 0 Å². The molecule has 0 atom stereocenters. The molecule has 0 spiro atoms. The van der Waals surface area contributed by atoms with Crippen LogP contribution in [0.2, 0.25) is 0 Å². The van der Waals surface area contributed by atoms with Crippen LogP contribution in [-0.4, -0.2) is 25.8 Å². The van der Waals surface area contributed by atoms with Crippen molar-refractivity contribution in [1.82, 2.24) is 0 Å². The SMILES string of the molecule is O=S1(=O)CCNc2cc(CO)ccc21. The normalized spacial score (nSPS) is 18.4. The maximum atomic E-state index is 11.6. The molecule has 1 aromatic carbocycles. The first-order valence-corrected chi connectivity index (χ1v) is 5.99. The molecule has 0 radical (unpaired) electrons. The summed E-state index contributed by atoms with van der Waals surface area (Å²) in [6.45, 7) is 0.360. The Hall–Kier alpha value is -1.07. The van der Waals surface area contributed by atoms with Crippen molar-refractivity contribution in [2.75, 3.05) is 17.6 Å². The Morgan fingerprint density at radius 3 is 2.93 bits per heavy atom. The Balaban J connectivity index is 2.58. The summed E-state index contributed by atoms with van der Waals surface area (Å²) in [6, 6.07) is 4.85. The smallest absolute Gasteiger partial charge is 0.182 e. The zero-order valence-electron chi connectivity index (χ0n) is 7.53. The summed E-state index contributed by atoms with van der Waals surface area (Å²) in [4.78, 5) is 0.334. The largest absolute Gasteiger partial charge is 0.392 e. The fourth-order valence-electron chi connectivity index (χ4n) is 1.51. The third kappa shape index (κ3) is 1.49. The van der Waals surface area contributed by atoms with Crippen LogP contribution in [0.15, 0.2) is 23.1 Å². The molecular formula is C9H11NO3S. The van der Waals surface area contributed by atoms with Gasteiger partial charge in [-0.15, -0.1) is 0 Å². The number of nitrogens with one attached hydrogen (secondary N) is 1. The summed E-state index contributed by atoms with van der Waals surface area (Å²) < 4.78 is 23.1. The van der Waals surface area contributed by atoms with Gasteiger partial charge in [0, 0.05) is 6.54 Å². The molecule has 76 valence electrons. The van der Waals surface area contributed by atoms with Crippen molar-refractivity contribution in [3.05, 3.63) is 23.8 Å². The Morgan fingerprint density at radius 1 is 1.43 bits per heavy atom. The van der Waals surface area contributed by atoms with Crippen LogP contribution in [0.3, 0.4) is 0 Å². The molecule has 5 heteroatoms. The molecule has 0 aliphatic carbocycles. The molecule has 0 amide bonds. The van der Waals surface area contributed by atoms with E-state index < -0.39 is 9.84 Å². The number of anilines is 1. The minimum atomic E-state index is -3.11. The van der Waals surface area contributed by atoms with Crippen molar-refractivity contribution in [3.63, 3.8) is 0 Å². The molecule has 0 bridgehead atoms. The maximum Gasteiger partial charge on any atom is 0.182 e. The number of rotatable bonds is 1. The van der Waals surface area contributed by atoms with Crippen molar-refractivity contribution in [3.8, 4) is 0 Å². The molecular weight excluding hydrogens is 202 g/mol. The lowest BCUT2D eigenvalue weighted by Gasteiger charge is -2.18. The van der Waals surface area contributed by atoms with Crippen LogP contribution >= 0.6 is 0 Å². The lowest BCUT2D eigenvalue weighted by Crippen LogP contribution is -2.23. The monoisotopic (exact) mass is 213 g/mol. The number of aliphatic hydroxyl groups is 1. The number of aliphatic hydroxyl groups excluding tert-OH is 1. The molecule has 0 saturated heterocycles. The van der Waals surface area contributed by atoms with Crippen molar-refractivity contribution in [2.24, 2.45) is 0 Å². The van der Waals surface area contributed by atoms with Gasteiger partial charge in [0.05, 0.1) is 22.9 Å². The maximum absolute atomic E-state index is 11.6. The van der Waals surface area contributed by atoms with E-state index in [-0.39, 0.29) is 12.4 Å². The molecule has 4 nitrogen and oxygen atoms in total. The molecule has 0 unspecified atom stereocenters. The number of hydrogen-bond acceptors (Lipinski definition) is 4. The number of hydrogen-bond donors (Lipinski definition) is 2. The molecule has 2 rings (SSSR count). The zero-order valence-corrected chi connectivity index (χ0v) is 8.34. The highest BCUT2D eigenvalue weighted by atomic mass is 32.2. The molecule has 1 heterocycles. The van der Waals surface area contributed by atoms with E-state index in [2.05, 4.69) is 5.32 Å². The first-order valence-electron chi connectivity index (χ1n) is 4.34. The van der Waals surface area contributed by atoms with E-state index in [4.69, 9.17) is 5.11 Å². The van der Waals surface area contributed by atoms with E-state index in [1.165, 1.54) is 0 Å². The summed E-state index contributed by atoms with van der Waals surface area (Å²) in [5, 5.41) is 11.9. The van der Waals surface area contributed by atoms with Crippen LogP contribution in [-0.2, 0) is 16.4 Å². The molecule has 0 saturated carbocycles. The third-order valence-electron chi connectivity index (χ3n) is 2.25. The summed E-state index contributed by atoms with van der Waals surface area (Å²) >= 11 is 0. The van der Waals surface area contributed by atoms with Crippen LogP contribution in [0.5, 0.6) is 0 Å². The van der Waals surface area contributed by atoms with Crippen LogP contribution in [0.1, 0.15) is 5.56 Å². The molecule has 2 N–H and O–H groups in total. The highest BCUT2D eigenvalue weighted by molar-refractivity contribution is 7.91. The van der Waals surface area contributed by atoms with E-state index in [9.17, 15) is 8.42 Å². The van der Waals surface area contributed by atoms with E-state index in [1.54, 1.807) is 18.2 Å². The lowest BCUT2D eigenvalue weighted by molar-refractivity contribution is 0.282. The number of fused-ring (bicyclic) bond motifs is 1. The van der Waals surface area contributed by atoms with E-state index in [1.807, 2.05) is 0 Å². The van der Waals surface area contributed by atoms with Gasteiger partial charge in [0.15, 0.2) is 9.84 Å². The van der Waals surface area contributed by atoms with Crippen molar-refractivity contribution in [1.29, 1.82) is 0 Å². The first-order chi connectivity index (χ1) is 6.63. The minimum Gasteiger partial charge on any atom is -0.392 e. The predicted octanol–water partition coefficient (Wildman–Crippen LogP) is 0.378. The lowest BCUT2D eigenvalue weighted by atomic mass is 10.2. The summed E-state index contributed by atoms with van der Waals surface area (Å²) in [6.07, 6.45) is 0. The van der Waals surface area contributed by atoms with Gasteiger partial charge in [-0.1, -0.05) is 6.07 Å². The second kappa shape index (κ2) is 3.25. The molecule has 1 aliphatic rings. The second-order valence-electron chi connectivity index (χ2n) is 3.23. The zero-order chi connectivity index (χ0) is 10.2. The summed E-state index contributed by atoms with van der Waals surface area (Å²) in [5.41, 5.74) is 1.32. The minimum absolute atomic E-state index is 0.0744. The van der Waals surface area contributed by atoms with Gasteiger partial charge in [-0.05, 0) is 17.7 Å². The standard InChI is InChI=1S/C9H11NO3S/c11-6-7-1-2-9-8(5-7)10-3-4-14(9,12)13/h1-2,5,10-11H,3-4,6H2. The first kappa shape index (κ1) is 9.48. The Kier molecular flexibility index (Phi) is 2.20. The average Bonchev–Trinajstić information content (AvgIpc) is 2.16. The van der Waals surface area contributed by atoms with Gasteiger partial charge >= 0.3 is 0 Å². The van der Waals surface area contributed by atoms with Crippen LogP contribution < -0.4 is 5.32 Å². The average molecular weight is 213 g/mol. The van der Waals surface area contributed by atoms with E-state index in [0.29, 0.717) is 22.7 Å². The highest BCUT2D eigenvalue weighted by Gasteiger charge is 2.22. The molecule has 1 aliphatic heterocycles. The Bertz CT molecular complexity index is 453. The third-order valence-corrected chi connectivity index (χ3v) is 4.02. The topological polar surface area (TPSA) is 66.4 Å². The van der Waals surface area contributed by atoms with Gasteiger partial charge in [-0.3, -0.25) is 0 Å². The van der Waals surface area contributed by atoms with Gasteiger partial charge in [-0.25, -0.2) is 8.42 Å². The summed E-state index contributed by atoms with van der Waals surface area (Å²) in [7, 11) is -3.11. The number of sulfone groups is 1. The van der Waals surface area contributed by atoms with Crippen LogP contribution in [0, 0.1) is 0 Å². The van der Waals surface area contributed by atoms with E-state index >= 15 is 0 Å². The Morgan fingerprint density at radius 2 is 2.21 bits per heavy atom. The van der Waals surface area contributed by atoms with Crippen molar-refractivity contribution >= 4 is 15.5 Å². The van der Waals surface area contributed by atoms with Crippen molar-refractivity contribution < 1.29 is 13.5 Å². The fourth-order valence-corrected chi connectivity index (χ4v) is 2.85. The molecule has 0 fully saturated rings. The van der Waals surface area contributed by atoms with Gasteiger partial charge in [0.1, 0.15) is 0 Å². The summed E-state index contributed by atoms with van der Waals surface area (Å²) in [5.74, 6) is 0.137. The predicted molar refractivity (Wildman–Crippen MR) is 52.9 cm³/mol. The fraction of sp³-hybridized carbons (Fsp3) is 0.333. The van der Waals surface area contributed by atoms with E-state index in [0.717, 1.165) is 0 Å². The number of benzene rings is 1. The van der Waals surface area contributed by atoms with Gasteiger partial charge in [0.25, 0.3) is 0 Å². The highest BCUT2D eigenvalue weighted by Crippen LogP contribution is 2.26. The molecule has 14 heavy (non-hydrogen) atoms. The van der Waals surface area contributed by atoms with Crippen molar-refractivity contribution in [2.45, 2.75) is 11.5 Å². The second-order valence-corrected chi connectivity index (χ2v) is 5.31. The molecule has 1 aromatic rings. The van der Waals surface area contributed by atoms with Crippen LogP contribution in [0.25, 0.3) is 0 Å². The quantitative estimate of drug-likeness (QED) is 0.707.